The van der Waals surface area contributed by atoms with Crippen LogP contribution in [0, 0.1) is 12.3 Å². The molecule has 1 N–H and O–H groups in total. The lowest BCUT2D eigenvalue weighted by Crippen LogP contribution is -2.42. The summed E-state index contributed by atoms with van der Waals surface area (Å²) >= 11 is 6.27. The number of piperidine rings is 1. The minimum Gasteiger partial charge on any atom is -0.317 e. The molecule has 0 unspecified atom stereocenters. The predicted octanol–water partition coefficient (Wildman–Crippen LogP) is 3.93. The maximum atomic E-state index is 12.8. The van der Waals surface area contributed by atoms with E-state index in [1.165, 1.54) is 0 Å². The topological polar surface area (TPSA) is 29.1 Å². The van der Waals surface area contributed by atoms with E-state index < -0.39 is 0 Å². The van der Waals surface area contributed by atoms with E-state index in [2.05, 4.69) is 12.2 Å². The number of Topliss-reactive ketones (excluding diaryl/α,β-unsaturated/α-hetero) is 1. The zero-order valence-electron chi connectivity index (χ0n) is 12.5. The summed E-state index contributed by atoms with van der Waals surface area (Å²) in [6.45, 7) is 6.08. The molecule has 0 spiro atoms. The fraction of sp³-hybridized carbons (Fsp3) is 0.588. The maximum absolute atomic E-state index is 12.8. The van der Waals surface area contributed by atoms with Gasteiger partial charge >= 0.3 is 0 Å². The summed E-state index contributed by atoms with van der Waals surface area (Å²) in [7, 11) is 0. The van der Waals surface area contributed by atoms with E-state index in [0.717, 1.165) is 54.9 Å². The maximum Gasteiger partial charge on any atom is 0.143 e. The zero-order chi connectivity index (χ0) is 14.6. The van der Waals surface area contributed by atoms with Crippen LogP contribution in [0.15, 0.2) is 18.2 Å². The number of carbonyl (C=O) groups is 1. The number of halogens is 1. The van der Waals surface area contributed by atoms with E-state index in [-0.39, 0.29) is 5.41 Å². The molecule has 0 saturated carbocycles. The summed E-state index contributed by atoms with van der Waals surface area (Å²) in [5.74, 6) is 0.367. The van der Waals surface area contributed by atoms with E-state index >= 15 is 0 Å². The van der Waals surface area contributed by atoms with E-state index in [1.807, 2.05) is 25.1 Å². The van der Waals surface area contributed by atoms with Gasteiger partial charge in [-0.1, -0.05) is 37.1 Å². The molecular weight excluding hydrogens is 270 g/mol. The van der Waals surface area contributed by atoms with Crippen molar-refractivity contribution >= 4 is 17.4 Å². The van der Waals surface area contributed by atoms with Crippen molar-refractivity contribution in [2.75, 3.05) is 13.1 Å². The minimum absolute atomic E-state index is 0.131. The highest BCUT2D eigenvalue weighted by Gasteiger charge is 2.37. The van der Waals surface area contributed by atoms with E-state index in [0.29, 0.717) is 12.2 Å². The molecule has 0 amide bonds. The first-order valence-corrected chi connectivity index (χ1v) is 7.94. The van der Waals surface area contributed by atoms with Gasteiger partial charge in [0.15, 0.2) is 0 Å². The second kappa shape index (κ2) is 6.73. The Labute approximate surface area is 126 Å². The average molecular weight is 294 g/mol. The molecule has 0 radical (unpaired) electrons. The Bertz CT molecular complexity index is 472. The molecule has 1 saturated heterocycles. The first kappa shape index (κ1) is 15.5. The Morgan fingerprint density at radius 2 is 2.05 bits per heavy atom. The highest BCUT2D eigenvalue weighted by Crippen LogP contribution is 2.36. The van der Waals surface area contributed by atoms with Gasteiger partial charge in [0.25, 0.3) is 0 Å². The molecular formula is C17H24ClNO. The molecule has 0 aliphatic carbocycles. The largest absolute Gasteiger partial charge is 0.317 e. The van der Waals surface area contributed by atoms with E-state index in [4.69, 9.17) is 11.6 Å². The third-order valence-electron chi connectivity index (χ3n) is 4.44. The normalized spacial score (nSPS) is 17.9. The molecule has 3 heteroatoms. The molecule has 0 bridgehead atoms. The van der Waals surface area contributed by atoms with Crippen LogP contribution in [0.5, 0.6) is 0 Å². The Hall–Kier alpha value is -0.860. The molecule has 1 heterocycles. The van der Waals surface area contributed by atoms with Crippen LogP contribution in [0.2, 0.25) is 5.02 Å². The van der Waals surface area contributed by atoms with Crippen LogP contribution >= 0.6 is 11.6 Å². The first-order valence-electron chi connectivity index (χ1n) is 7.56. The third-order valence-corrected chi connectivity index (χ3v) is 4.79. The van der Waals surface area contributed by atoms with Crippen LogP contribution in [-0.2, 0) is 11.2 Å². The number of hydrogen-bond donors (Lipinski definition) is 1. The standard InChI is InChI=1S/C17H24ClNO/c1-3-6-17(7-9-19-10-8-17)16(20)12-14-5-4-13(2)11-15(14)18/h4-5,11,19H,3,6-10,12H2,1-2H3. The smallest absolute Gasteiger partial charge is 0.143 e. The van der Waals surface area contributed by atoms with Crippen LogP contribution in [0.4, 0.5) is 0 Å². The highest BCUT2D eigenvalue weighted by atomic mass is 35.5. The van der Waals surface area contributed by atoms with Gasteiger partial charge in [0.05, 0.1) is 0 Å². The van der Waals surface area contributed by atoms with Gasteiger partial charge in [0.2, 0.25) is 0 Å². The predicted molar refractivity (Wildman–Crippen MR) is 84.3 cm³/mol. The summed E-state index contributed by atoms with van der Waals surface area (Å²) in [6.07, 6.45) is 4.45. The summed E-state index contributed by atoms with van der Waals surface area (Å²) in [5.41, 5.74) is 1.97. The third kappa shape index (κ3) is 3.42. The number of carbonyl (C=O) groups excluding carboxylic acids is 1. The number of aryl methyl sites for hydroxylation is 1. The van der Waals surface area contributed by atoms with Gasteiger partial charge in [0, 0.05) is 16.9 Å². The Kier molecular flexibility index (Phi) is 5.22. The Balaban J connectivity index is 2.15. The lowest BCUT2D eigenvalue weighted by atomic mass is 9.70. The molecule has 2 rings (SSSR count). The molecule has 1 aliphatic heterocycles. The van der Waals surface area contributed by atoms with E-state index in [1.54, 1.807) is 0 Å². The van der Waals surface area contributed by atoms with Gasteiger partial charge in [0.1, 0.15) is 5.78 Å². The van der Waals surface area contributed by atoms with Crippen molar-refractivity contribution in [3.8, 4) is 0 Å². The van der Waals surface area contributed by atoms with Crippen LogP contribution in [-0.4, -0.2) is 18.9 Å². The second-order valence-corrected chi connectivity index (χ2v) is 6.38. The molecule has 20 heavy (non-hydrogen) atoms. The quantitative estimate of drug-likeness (QED) is 0.891. The van der Waals surface area contributed by atoms with Crippen molar-refractivity contribution < 1.29 is 4.79 Å². The molecule has 1 aromatic rings. The fourth-order valence-corrected chi connectivity index (χ4v) is 3.51. The zero-order valence-corrected chi connectivity index (χ0v) is 13.2. The van der Waals surface area contributed by atoms with Crippen molar-refractivity contribution in [3.63, 3.8) is 0 Å². The second-order valence-electron chi connectivity index (χ2n) is 5.98. The van der Waals surface area contributed by atoms with Gasteiger partial charge in [-0.05, 0) is 56.5 Å². The summed E-state index contributed by atoms with van der Waals surface area (Å²) in [4.78, 5) is 12.8. The molecule has 0 atom stereocenters. The van der Waals surface area contributed by atoms with Crippen LogP contribution < -0.4 is 5.32 Å². The number of nitrogens with one attached hydrogen (secondary N) is 1. The number of rotatable bonds is 5. The van der Waals surface area contributed by atoms with Gasteiger partial charge < -0.3 is 5.32 Å². The van der Waals surface area contributed by atoms with Crippen molar-refractivity contribution in [2.24, 2.45) is 5.41 Å². The molecule has 2 nitrogen and oxygen atoms in total. The number of benzene rings is 1. The molecule has 0 aromatic heterocycles. The molecule has 1 fully saturated rings. The van der Waals surface area contributed by atoms with E-state index in [9.17, 15) is 4.79 Å². The van der Waals surface area contributed by atoms with Crippen molar-refractivity contribution in [1.29, 1.82) is 0 Å². The average Bonchev–Trinajstić information content (AvgIpc) is 2.43. The van der Waals surface area contributed by atoms with Crippen LogP contribution in [0.3, 0.4) is 0 Å². The monoisotopic (exact) mass is 293 g/mol. The molecule has 1 aromatic carbocycles. The summed E-state index contributed by atoms with van der Waals surface area (Å²) in [5, 5.41) is 4.08. The highest BCUT2D eigenvalue weighted by molar-refractivity contribution is 6.31. The van der Waals surface area contributed by atoms with Gasteiger partial charge in [-0.3, -0.25) is 4.79 Å². The Morgan fingerprint density at radius 1 is 1.35 bits per heavy atom. The van der Waals surface area contributed by atoms with Crippen molar-refractivity contribution in [2.45, 2.75) is 46.0 Å². The van der Waals surface area contributed by atoms with Gasteiger partial charge in [-0.25, -0.2) is 0 Å². The lowest BCUT2D eigenvalue weighted by molar-refractivity contribution is -0.130. The Morgan fingerprint density at radius 3 is 2.65 bits per heavy atom. The minimum atomic E-state index is -0.131. The fourth-order valence-electron chi connectivity index (χ4n) is 3.21. The van der Waals surface area contributed by atoms with Gasteiger partial charge in [-0.2, -0.15) is 0 Å². The first-order chi connectivity index (χ1) is 9.57. The summed E-state index contributed by atoms with van der Waals surface area (Å²) < 4.78 is 0. The van der Waals surface area contributed by atoms with Crippen LogP contribution in [0.25, 0.3) is 0 Å². The number of hydrogen-bond acceptors (Lipinski definition) is 2. The van der Waals surface area contributed by atoms with Gasteiger partial charge in [-0.15, -0.1) is 0 Å². The van der Waals surface area contributed by atoms with Crippen molar-refractivity contribution in [3.05, 3.63) is 34.3 Å². The van der Waals surface area contributed by atoms with Crippen molar-refractivity contribution in [1.82, 2.24) is 5.32 Å². The lowest BCUT2D eigenvalue weighted by Gasteiger charge is -2.36. The SMILES string of the molecule is CCCC1(C(=O)Cc2ccc(C)cc2Cl)CCNCC1. The number of ketones is 1. The molecule has 1 aliphatic rings. The summed E-state index contributed by atoms with van der Waals surface area (Å²) in [6, 6.07) is 5.97. The van der Waals surface area contributed by atoms with Crippen LogP contribution in [0.1, 0.15) is 43.7 Å². The molecule has 110 valence electrons.